The molecule has 1 fully saturated rings. The van der Waals surface area contributed by atoms with Crippen LogP contribution in [0.25, 0.3) is 0 Å². The Balaban J connectivity index is 0.00000163. The van der Waals surface area contributed by atoms with Crippen LogP contribution < -0.4 is 10.1 Å². The third-order valence-corrected chi connectivity index (χ3v) is 4.44. The van der Waals surface area contributed by atoms with Crippen molar-refractivity contribution in [1.82, 2.24) is 9.80 Å². The Hall–Kier alpha value is -2.21. The molecule has 0 saturated carbocycles. The fourth-order valence-electron chi connectivity index (χ4n) is 2.56. The van der Waals surface area contributed by atoms with E-state index >= 15 is 0 Å². The Morgan fingerprint density at radius 2 is 1.81 bits per heavy atom. The monoisotopic (exact) mass is 381 g/mol. The minimum atomic E-state index is -0.0957. The summed E-state index contributed by atoms with van der Waals surface area (Å²) in [6.07, 6.45) is 1.30. The maximum absolute atomic E-state index is 12.3. The van der Waals surface area contributed by atoms with Gasteiger partial charge >= 0.3 is 0 Å². The van der Waals surface area contributed by atoms with E-state index in [9.17, 15) is 9.59 Å². The molecule has 0 aromatic heterocycles. The van der Waals surface area contributed by atoms with Crippen molar-refractivity contribution in [2.75, 3.05) is 45.2 Å². The zero-order chi connectivity index (χ0) is 19.7. The SMILES string of the molecule is C=CC(=O)N1CCN(C(=O)CNc2cc(C)c(Cl)cc2OC)CC1.CC. The summed E-state index contributed by atoms with van der Waals surface area (Å²) in [7, 11) is 1.56. The van der Waals surface area contributed by atoms with E-state index in [1.54, 1.807) is 23.0 Å². The average molecular weight is 382 g/mol. The highest BCUT2D eigenvalue weighted by molar-refractivity contribution is 6.31. The van der Waals surface area contributed by atoms with Gasteiger partial charge in [-0.2, -0.15) is 0 Å². The quantitative estimate of drug-likeness (QED) is 0.796. The van der Waals surface area contributed by atoms with Crippen LogP contribution in [0.1, 0.15) is 19.4 Å². The minimum Gasteiger partial charge on any atom is -0.495 e. The van der Waals surface area contributed by atoms with Gasteiger partial charge in [0.15, 0.2) is 0 Å². The Labute approximate surface area is 160 Å². The van der Waals surface area contributed by atoms with Gasteiger partial charge in [0.05, 0.1) is 19.3 Å². The van der Waals surface area contributed by atoms with Crippen LogP contribution in [0.2, 0.25) is 5.02 Å². The lowest BCUT2D eigenvalue weighted by Crippen LogP contribution is -2.51. The van der Waals surface area contributed by atoms with Crippen molar-refractivity contribution in [3.05, 3.63) is 35.4 Å². The van der Waals surface area contributed by atoms with Gasteiger partial charge < -0.3 is 19.9 Å². The molecule has 7 heteroatoms. The summed E-state index contributed by atoms with van der Waals surface area (Å²) in [6.45, 7) is 11.6. The molecule has 1 aromatic carbocycles. The number of hydrogen-bond acceptors (Lipinski definition) is 4. The number of benzene rings is 1. The lowest BCUT2D eigenvalue weighted by atomic mass is 10.2. The minimum absolute atomic E-state index is 0.0182. The summed E-state index contributed by atoms with van der Waals surface area (Å²) >= 11 is 6.08. The average Bonchev–Trinajstić information content (AvgIpc) is 2.69. The third-order valence-electron chi connectivity index (χ3n) is 4.03. The second-order valence-electron chi connectivity index (χ2n) is 5.57. The van der Waals surface area contributed by atoms with Gasteiger partial charge in [-0.25, -0.2) is 0 Å². The number of methoxy groups -OCH3 is 1. The maximum atomic E-state index is 12.3. The molecule has 26 heavy (non-hydrogen) atoms. The number of carbonyl (C=O) groups excluding carboxylic acids is 2. The molecule has 0 aliphatic carbocycles. The number of aryl methyl sites for hydroxylation is 1. The lowest BCUT2D eigenvalue weighted by molar-refractivity contribution is -0.135. The summed E-state index contributed by atoms with van der Waals surface area (Å²) in [5, 5.41) is 3.72. The Bertz CT molecular complexity index is 641. The van der Waals surface area contributed by atoms with Crippen molar-refractivity contribution >= 4 is 29.1 Å². The van der Waals surface area contributed by atoms with E-state index in [0.717, 1.165) is 11.3 Å². The number of carbonyl (C=O) groups is 2. The number of amides is 2. The van der Waals surface area contributed by atoms with E-state index in [-0.39, 0.29) is 18.4 Å². The van der Waals surface area contributed by atoms with E-state index in [1.807, 2.05) is 26.8 Å². The van der Waals surface area contributed by atoms with E-state index in [0.29, 0.717) is 37.0 Å². The van der Waals surface area contributed by atoms with Crippen molar-refractivity contribution in [1.29, 1.82) is 0 Å². The molecule has 1 saturated heterocycles. The van der Waals surface area contributed by atoms with Crippen molar-refractivity contribution in [2.45, 2.75) is 20.8 Å². The molecular formula is C19H28ClN3O3. The zero-order valence-electron chi connectivity index (χ0n) is 16.0. The van der Waals surface area contributed by atoms with E-state index in [4.69, 9.17) is 16.3 Å². The van der Waals surface area contributed by atoms with Gasteiger partial charge in [0, 0.05) is 37.3 Å². The Kier molecular flexibility index (Phi) is 8.99. The molecule has 2 rings (SSSR count). The van der Waals surface area contributed by atoms with Crippen molar-refractivity contribution in [3.8, 4) is 5.75 Å². The molecule has 1 aliphatic rings. The normalized spacial score (nSPS) is 13.4. The predicted molar refractivity (Wildman–Crippen MR) is 106 cm³/mol. The highest BCUT2D eigenvalue weighted by Crippen LogP contribution is 2.30. The predicted octanol–water partition coefficient (Wildman–Crippen LogP) is 2.95. The second kappa shape index (κ2) is 10.7. The van der Waals surface area contributed by atoms with Crippen molar-refractivity contribution < 1.29 is 14.3 Å². The second-order valence-corrected chi connectivity index (χ2v) is 5.97. The van der Waals surface area contributed by atoms with E-state index in [1.165, 1.54) is 6.08 Å². The molecule has 0 unspecified atom stereocenters. The maximum Gasteiger partial charge on any atom is 0.246 e. The van der Waals surface area contributed by atoms with Crippen LogP contribution in [0.5, 0.6) is 5.75 Å². The number of hydrogen-bond donors (Lipinski definition) is 1. The first kappa shape index (κ1) is 21.8. The largest absolute Gasteiger partial charge is 0.495 e. The summed E-state index contributed by atoms with van der Waals surface area (Å²) in [6, 6.07) is 3.58. The number of ether oxygens (including phenoxy) is 1. The lowest BCUT2D eigenvalue weighted by Gasteiger charge is -2.34. The molecule has 1 aliphatic heterocycles. The summed E-state index contributed by atoms with van der Waals surface area (Å²) in [5.74, 6) is 0.483. The van der Waals surface area contributed by atoms with Gasteiger partial charge in [-0.15, -0.1) is 0 Å². The molecule has 1 aromatic rings. The number of rotatable bonds is 5. The molecule has 144 valence electrons. The molecule has 0 spiro atoms. The number of nitrogens with zero attached hydrogens (tertiary/aromatic N) is 2. The van der Waals surface area contributed by atoms with E-state index in [2.05, 4.69) is 11.9 Å². The Morgan fingerprint density at radius 1 is 1.23 bits per heavy atom. The van der Waals surface area contributed by atoms with Crippen LogP contribution in [-0.4, -0.2) is 61.4 Å². The van der Waals surface area contributed by atoms with Crippen LogP contribution in [-0.2, 0) is 9.59 Å². The molecule has 0 atom stereocenters. The number of piperazine rings is 1. The van der Waals surface area contributed by atoms with Gasteiger partial charge in [-0.05, 0) is 24.6 Å². The van der Waals surface area contributed by atoms with Crippen LogP contribution in [0.4, 0.5) is 5.69 Å². The van der Waals surface area contributed by atoms with Gasteiger partial charge in [-0.1, -0.05) is 32.0 Å². The van der Waals surface area contributed by atoms with Crippen LogP contribution in [0.15, 0.2) is 24.8 Å². The fraction of sp³-hybridized carbons (Fsp3) is 0.474. The van der Waals surface area contributed by atoms with E-state index < -0.39 is 0 Å². The molecule has 6 nitrogen and oxygen atoms in total. The summed E-state index contributed by atoms with van der Waals surface area (Å²) in [4.78, 5) is 27.3. The van der Waals surface area contributed by atoms with Crippen molar-refractivity contribution in [3.63, 3.8) is 0 Å². The van der Waals surface area contributed by atoms with Gasteiger partial charge in [-0.3, -0.25) is 9.59 Å². The standard InChI is InChI=1S/C17H22ClN3O3.C2H6/c1-4-16(22)20-5-7-21(8-6-20)17(23)11-19-14-9-12(2)13(18)10-15(14)24-3;1-2/h4,9-10,19H,1,5-8,11H2,2-3H3;1-2H3. The van der Waals surface area contributed by atoms with Gasteiger partial charge in [0.2, 0.25) is 11.8 Å². The summed E-state index contributed by atoms with van der Waals surface area (Å²) < 4.78 is 5.29. The Morgan fingerprint density at radius 3 is 2.35 bits per heavy atom. The molecular weight excluding hydrogens is 354 g/mol. The summed E-state index contributed by atoms with van der Waals surface area (Å²) in [5.41, 5.74) is 1.64. The molecule has 0 bridgehead atoms. The molecule has 1 N–H and O–H groups in total. The first-order valence-corrected chi connectivity index (χ1v) is 9.11. The molecule has 0 radical (unpaired) electrons. The number of nitrogens with one attached hydrogen (secondary N) is 1. The highest BCUT2D eigenvalue weighted by Gasteiger charge is 2.22. The van der Waals surface area contributed by atoms with Crippen LogP contribution in [0, 0.1) is 6.92 Å². The van der Waals surface area contributed by atoms with Gasteiger partial charge in [0.25, 0.3) is 0 Å². The van der Waals surface area contributed by atoms with Gasteiger partial charge in [0.1, 0.15) is 5.75 Å². The first-order valence-electron chi connectivity index (χ1n) is 8.73. The van der Waals surface area contributed by atoms with Crippen molar-refractivity contribution in [2.24, 2.45) is 0 Å². The smallest absolute Gasteiger partial charge is 0.246 e. The molecule has 1 heterocycles. The number of anilines is 1. The van der Waals surface area contributed by atoms with Crippen LogP contribution in [0.3, 0.4) is 0 Å². The first-order chi connectivity index (χ1) is 12.5. The zero-order valence-corrected chi connectivity index (χ0v) is 16.7. The molecule has 2 amide bonds. The topological polar surface area (TPSA) is 61.9 Å². The number of halogens is 1. The van der Waals surface area contributed by atoms with Crippen LogP contribution >= 0.6 is 11.6 Å². The third kappa shape index (κ3) is 5.66. The fourth-order valence-corrected chi connectivity index (χ4v) is 2.71. The highest BCUT2D eigenvalue weighted by atomic mass is 35.5.